The number of aryl methyl sites for hydroxylation is 1. The molecule has 4 nitrogen and oxygen atoms in total. The molecule has 0 radical (unpaired) electrons. The molecule has 0 saturated carbocycles. The summed E-state index contributed by atoms with van der Waals surface area (Å²) in [6.45, 7) is 2.21. The zero-order chi connectivity index (χ0) is 13.3. The van der Waals surface area contributed by atoms with Crippen molar-refractivity contribution < 1.29 is 9.59 Å². The van der Waals surface area contributed by atoms with Crippen LogP contribution in [0.2, 0.25) is 0 Å². The zero-order valence-electron chi connectivity index (χ0n) is 10.7. The molecule has 2 rings (SSSR count). The van der Waals surface area contributed by atoms with Gasteiger partial charge in [0.2, 0.25) is 11.8 Å². The molecule has 0 N–H and O–H groups in total. The molecule has 0 bridgehead atoms. The van der Waals surface area contributed by atoms with Gasteiger partial charge in [-0.2, -0.15) is 0 Å². The summed E-state index contributed by atoms with van der Waals surface area (Å²) >= 11 is 3.25. The van der Waals surface area contributed by atoms with Gasteiger partial charge in [-0.25, -0.2) is 0 Å². The quantitative estimate of drug-likeness (QED) is 0.848. The van der Waals surface area contributed by atoms with Gasteiger partial charge in [0.25, 0.3) is 0 Å². The normalized spacial score (nSPS) is 19.4. The minimum atomic E-state index is -0.0370. The van der Waals surface area contributed by atoms with Crippen LogP contribution in [0.5, 0.6) is 0 Å². The van der Waals surface area contributed by atoms with Crippen molar-refractivity contribution in [2.75, 3.05) is 26.4 Å². The summed E-state index contributed by atoms with van der Waals surface area (Å²) in [6.07, 6.45) is 0. The highest BCUT2D eigenvalue weighted by Gasteiger charge is 2.35. The maximum atomic E-state index is 11.9. The number of amides is 2. The van der Waals surface area contributed by atoms with Crippen LogP contribution in [-0.4, -0.2) is 48.0 Å². The fraction of sp³-hybridized carbons (Fsp3) is 0.500. The summed E-state index contributed by atoms with van der Waals surface area (Å²) in [7, 11) is 3.42. The van der Waals surface area contributed by atoms with Gasteiger partial charge in [-0.15, -0.1) is 23.1 Å². The number of thioether (sulfide) groups is 1. The number of hydrogen-bond acceptors (Lipinski definition) is 4. The minimum Gasteiger partial charge on any atom is -0.347 e. The molecule has 1 saturated heterocycles. The predicted molar refractivity (Wildman–Crippen MR) is 74.7 cm³/mol. The van der Waals surface area contributed by atoms with E-state index in [2.05, 4.69) is 6.07 Å². The number of rotatable bonds is 3. The van der Waals surface area contributed by atoms with E-state index in [1.165, 1.54) is 15.3 Å². The van der Waals surface area contributed by atoms with E-state index in [0.29, 0.717) is 5.75 Å². The van der Waals surface area contributed by atoms with Gasteiger partial charge in [-0.05, 0) is 23.9 Å². The van der Waals surface area contributed by atoms with Crippen LogP contribution in [0.1, 0.15) is 15.8 Å². The number of likely N-dealkylation sites (N-methyl/N-ethyl adjacent to an activating group) is 1. The van der Waals surface area contributed by atoms with E-state index >= 15 is 0 Å². The SMILES string of the molecule is Cc1ccsc1[C@@H]1SCC(=O)N1CC(=O)N(C)C. The highest BCUT2D eigenvalue weighted by molar-refractivity contribution is 8.00. The fourth-order valence-corrected chi connectivity index (χ4v) is 4.23. The Hall–Kier alpha value is -1.01. The first-order valence-electron chi connectivity index (χ1n) is 5.66. The van der Waals surface area contributed by atoms with Crippen LogP contribution in [0.4, 0.5) is 0 Å². The molecular weight excluding hydrogens is 268 g/mol. The Balaban J connectivity index is 2.18. The maximum Gasteiger partial charge on any atom is 0.241 e. The molecule has 1 aliphatic heterocycles. The summed E-state index contributed by atoms with van der Waals surface area (Å²) in [6, 6.07) is 2.05. The lowest BCUT2D eigenvalue weighted by Gasteiger charge is -2.24. The molecule has 1 aliphatic rings. The van der Waals surface area contributed by atoms with Gasteiger partial charge in [-0.1, -0.05) is 0 Å². The first-order valence-corrected chi connectivity index (χ1v) is 7.58. The molecule has 0 aliphatic carbocycles. The Labute approximate surface area is 115 Å². The highest BCUT2D eigenvalue weighted by Crippen LogP contribution is 2.42. The summed E-state index contributed by atoms with van der Waals surface area (Å²) in [4.78, 5) is 28.0. The van der Waals surface area contributed by atoms with Gasteiger partial charge in [0.05, 0.1) is 5.75 Å². The lowest BCUT2D eigenvalue weighted by Crippen LogP contribution is -2.38. The number of carbonyl (C=O) groups excluding carboxylic acids is 2. The van der Waals surface area contributed by atoms with Crippen molar-refractivity contribution in [3.63, 3.8) is 0 Å². The van der Waals surface area contributed by atoms with Crippen LogP contribution < -0.4 is 0 Å². The molecule has 0 unspecified atom stereocenters. The molecule has 18 heavy (non-hydrogen) atoms. The number of thiophene rings is 1. The average Bonchev–Trinajstić information content (AvgIpc) is 2.86. The Bertz CT molecular complexity index is 470. The summed E-state index contributed by atoms with van der Waals surface area (Å²) in [5.41, 5.74) is 1.19. The molecule has 1 aromatic rings. The number of hydrogen-bond donors (Lipinski definition) is 0. The van der Waals surface area contributed by atoms with Gasteiger partial charge >= 0.3 is 0 Å². The molecular formula is C12H16N2O2S2. The number of carbonyl (C=O) groups is 2. The second-order valence-electron chi connectivity index (χ2n) is 4.44. The van der Waals surface area contributed by atoms with Crippen molar-refractivity contribution in [2.45, 2.75) is 12.3 Å². The van der Waals surface area contributed by atoms with Gasteiger partial charge in [0, 0.05) is 19.0 Å². The van der Waals surface area contributed by atoms with E-state index in [9.17, 15) is 9.59 Å². The number of nitrogens with zero attached hydrogens (tertiary/aromatic N) is 2. The van der Waals surface area contributed by atoms with Crippen molar-refractivity contribution in [1.29, 1.82) is 0 Å². The highest BCUT2D eigenvalue weighted by atomic mass is 32.2. The topological polar surface area (TPSA) is 40.6 Å². The Morgan fingerprint density at radius 3 is 2.83 bits per heavy atom. The molecule has 1 atom stereocenters. The lowest BCUT2D eigenvalue weighted by atomic mass is 10.2. The smallest absolute Gasteiger partial charge is 0.241 e. The summed E-state index contributed by atoms with van der Waals surface area (Å²) in [5.74, 6) is 0.473. The zero-order valence-corrected chi connectivity index (χ0v) is 12.3. The molecule has 1 fully saturated rings. The molecule has 0 spiro atoms. The lowest BCUT2D eigenvalue weighted by molar-refractivity contribution is -0.137. The first kappa shape index (κ1) is 13.4. The van der Waals surface area contributed by atoms with E-state index in [1.54, 1.807) is 42.1 Å². The van der Waals surface area contributed by atoms with Gasteiger partial charge in [0.1, 0.15) is 11.9 Å². The largest absolute Gasteiger partial charge is 0.347 e. The first-order chi connectivity index (χ1) is 8.50. The molecule has 0 aromatic carbocycles. The third-order valence-corrected chi connectivity index (χ3v) is 5.34. The van der Waals surface area contributed by atoms with Crippen molar-refractivity contribution in [2.24, 2.45) is 0 Å². The van der Waals surface area contributed by atoms with Crippen molar-refractivity contribution in [3.8, 4) is 0 Å². The molecule has 6 heteroatoms. The van der Waals surface area contributed by atoms with Crippen molar-refractivity contribution in [3.05, 3.63) is 21.9 Å². The van der Waals surface area contributed by atoms with Crippen LogP contribution in [0.3, 0.4) is 0 Å². The van der Waals surface area contributed by atoms with Crippen LogP contribution in [0.25, 0.3) is 0 Å². The third kappa shape index (κ3) is 2.54. The van der Waals surface area contributed by atoms with E-state index in [1.807, 2.05) is 12.3 Å². The van der Waals surface area contributed by atoms with Crippen molar-refractivity contribution in [1.82, 2.24) is 9.80 Å². The second kappa shape index (κ2) is 5.32. The van der Waals surface area contributed by atoms with E-state index < -0.39 is 0 Å². The minimum absolute atomic E-state index is 0.00130. The predicted octanol–water partition coefficient (Wildman–Crippen LogP) is 1.72. The summed E-state index contributed by atoms with van der Waals surface area (Å²) < 4.78 is 0. The van der Waals surface area contributed by atoms with E-state index in [4.69, 9.17) is 0 Å². The Morgan fingerprint density at radius 2 is 2.28 bits per heavy atom. The molecule has 2 amide bonds. The molecule has 1 aromatic heterocycles. The van der Waals surface area contributed by atoms with Gasteiger partial charge < -0.3 is 9.80 Å². The molecule has 2 heterocycles. The maximum absolute atomic E-state index is 11.9. The average molecular weight is 284 g/mol. The van der Waals surface area contributed by atoms with E-state index in [0.717, 1.165) is 0 Å². The third-order valence-electron chi connectivity index (χ3n) is 2.90. The standard InChI is InChI=1S/C12H16N2O2S2/c1-8-4-5-17-11(8)12-14(10(16)7-18-12)6-9(15)13(2)3/h4-5,12H,6-7H2,1-3H3/t12-/m0/s1. The monoisotopic (exact) mass is 284 g/mol. The van der Waals surface area contributed by atoms with Crippen molar-refractivity contribution >= 4 is 34.9 Å². The Morgan fingerprint density at radius 1 is 1.56 bits per heavy atom. The van der Waals surface area contributed by atoms with E-state index in [-0.39, 0.29) is 23.7 Å². The van der Waals surface area contributed by atoms with Crippen LogP contribution in [0.15, 0.2) is 11.4 Å². The molecule has 98 valence electrons. The van der Waals surface area contributed by atoms with Gasteiger partial charge in [0.15, 0.2) is 0 Å². The fourth-order valence-electron chi connectivity index (χ4n) is 1.77. The van der Waals surface area contributed by atoms with Crippen LogP contribution in [0, 0.1) is 6.92 Å². The Kier molecular flexibility index (Phi) is 3.97. The summed E-state index contributed by atoms with van der Waals surface area (Å²) in [5, 5.41) is 2.03. The van der Waals surface area contributed by atoms with Crippen LogP contribution >= 0.6 is 23.1 Å². The van der Waals surface area contributed by atoms with Crippen LogP contribution in [-0.2, 0) is 9.59 Å². The second-order valence-corrected chi connectivity index (χ2v) is 6.46. The van der Waals surface area contributed by atoms with Gasteiger partial charge in [-0.3, -0.25) is 9.59 Å².